The predicted molar refractivity (Wildman–Crippen MR) is 71.7 cm³/mol. The fourth-order valence-corrected chi connectivity index (χ4v) is 1.68. The van der Waals surface area contributed by atoms with Gasteiger partial charge in [0, 0.05) is 12.3 Å². The lowest BCUT2D eigenvalue weighted by Crippen LogP contribution is -2.40. The number of pyridine rings is 1. The van der Waals surface area contributed by atoms with Gasteiger partial charge in [-0.15, -0.1) is 0 Å². The van der Waals surface area contributed by atoms with Crippen molar-refractivity contribution in [2.24, 2.45) is 11.7 Å². The van der Waals surface area contributed by atoms with Crippen molar-refractivity contribution in [1.29, 1.82) is 0 Å². The Morgan fingerprint density at radius 3 is 2.74 bits per heavy atom. The van der Waals surface area contributed by atoms with Gasteiger partial charge >= 0.3 is 5.69 Å². The van der Waals surface area contributed by atoms with Gasteiger partial charge in [0.05, 0.1) is 4.92 Å². The smallest absolute Gasteiger partial charge is 0.311 e. The molecule has 3 N–H and O–H groups in total. The normalized spacial score (nSPS) is 13.6. The summed E-state index contributed by atoms with van der Waals surface area (Å²) in [5, 5.41) is 13.8. The molecular weight excluding hydrogens is 248 g/mol. The van der Waals surface area contributed by atoms with E-state index in [1.807, 2.05) is 13.8 Å². The number of aryl methyl sites for hydroxylation is 1. The zero-order chi connectivity index (χ0) is 14.6. The van der Waals surface area contributed by atoms with Gasteiger partial charge in [0.15, 0.2) is 0 Å². The number of aromatic nitrogens is 1. The van der Waals surface area contributed by atoms with Gasteiger partial charge < -0.3 is 11.1 Å². The fourth-order valence-electron chi connectivity index (χ4n) is 1.68. The van der Waals surface area contributed by atoms with Crippen molar-refractivity contribution < 1.29 is 9.72 Å². The van der Waals surface area contributed by atoms with E-state index in [4.69, 9.17) is 5.73 Å². The lowest BCUT2D eigenvalue weighted by atomic mass is 9.98. The third-order valence-electron chi connectivity index (χ3n) is 3.01. The molecule has 2 atom stereocenters. The lowest BCUT2D eigenvalue weighted by molar-refractivity contribution is -0.384. The van der Waals surface area contributed by atoms with Crippen LogP contribution in [0.1, 0.15) is 25.8 Å². The number of nitro groups is 1. The molecule has 7 nitrogen and oxygen atoms in total. The highest BCUT2D eigenvalue weighted by molar-refractivity contribution is 5.83. The zero-order valence-electron chi connectivity index (χ0n) is 11.2. The van der Waals surface area contributed by atoms with E-state index in [2.05, 4.69) is 10.3 Å². The predicted octanol–water partition coefficient (Wildman–Crippen LogP) is 1.61. The van der Waals surface area contributed by atoms with Crippen molar-refractivity contribution in [2.75, 3.05) is 5.32 Å². The monoisotopic (exact) mass is 266 g/mol. The molecular formula is C12H18N4O3. The highest BCUT2D eigenvalue weighted by atomic mass is 16.6. The van der Waals surface area contributed by atoms with Crippen molar-refractivity contribution in [3.05, 3.63) is 27.9 Å². The second-order valence-electron chi connectivity index (χ2n) is 4.55. The molecule has 19 heavy (non-hydrogen) atoms. The Kier molecular flexibility index (Phi) is 4.80. The minimum absolute atomic E-state index is 0.0415. The molecule has 0 bridgehead atoms. The summed E-state index contributed by atoms with van der Waals surface area (Å²) >= 11 is 0. The molecule has 104 valence electrons. The maximum absolute atomic E-state index is 11.4. The Bertz CT molecular complexity index is 490. The van der Waals surface area contributed by atoms with Crippen molar-refractivity contribution in [2.45, 2.75) is 33.2 Å². The van der Waals surface area contributed by atoms with E-state index < -0.39 is 16.9 Å². The van der Waals surface area contributed by atoms with Crippen LogP contribution in [0.15, 0.2) is 12.3 Å². The van der Waals surface area contributed by atoms with Gasteiger partial charge in [-0.1, -0.05) is 20.3 Å². The highest BCUT2D eigenvalue weighted by Gasteiger charge is 2.25. The molecule has 1 aromatic rings. The first-order valence-corrected chi connectivity index (χ1v) is 6.03. The summed E-state index contributed by atoms with van der Waals surface area (Å²) in [7, 11) is 0. The molecule has 1 amide bonds. The van der Waals surface area contributed by atoms with Crippen LogP contribution >= 0.6 is 0 Å². The Hall–Kier alpha value is -2.18. The first-order valence-electron chi connectivity index (χ1n) is 6.03. The van der Waals surface area contributed by atoms with Crippen molar-refractivity contribution in [3.8, 4) is 0 Å². The number of amides is 1. The van der Waals surface area contributed by atoms with Gasteiger partial charge in [0.1, 0.15) is 6.04 Å². The Balaban J connectivity index is 3.09. The van der Waals surface area contributed by atoms with E-state index in [0.29, 0.717) is 5.56 Å². The molecule has 0 aromatic carbocycles. The fraction of sp³-hybridized carbons (Fsp3) is 0.500. The summed E-state index contributed by atoms with van der Waals surface area (Å²) in [5.74, 6) is -0.522. The van der Waals surface area contributed by atoms with Crippen LogP contribution in [0.4, 0.5) is 11.5 Å². The number of anilines is 1. The molecule has 0 saturated heterocycles. The SMILES string of the molecule is CC[C@@H](C)[C@@H](Nc1ncc(C)cc1[N+](=O)[O-])C(N)=O. The summed E-state index contributed by atoms with van der Waals surface area (Å²) in [6.45, 7) is 5.48. The highest BCUT2D eigenvalue weighted by Crippen LogP contribution is 2.24. The van der Waals surface area contributed by atoms with E-state index in [-0.39, 0.29) is 17.4 Å². The number of hydrogen-bond donors (Lipinski definition) is 2. The van der Waals surface area contributed by atoms with Crippen LogP contribution < -0.4 is 11.1 Å². The van der Waals surface area contributed by atoms with E-state index in [0.717, 1.165) is 6.42 Å². The Morgan fingerprint density at radius 1 is 1.63 bits per heavy atom. The maximum Gasteiger partial charge on any atom is 0.311 e. The molecule has 1 rings (SSSR count). The molecule has 1 heterocycles. The number of rotatable bonds is 6. The molecule has 0 saturated carbocycles. The molecule has 7 heteroatoms. The van der Waals surface area contributed by atoms with E-state index in [1.54, 1.807) is 6.92 Å². The van der Waals surface area contributed by atoms with Crippen LogP contribution in [-0.4, -0.2) is 21.9 Å². The maximum atomic E-state index is 11.4. The standard InChI is InChI=1S/C12H18N4O3/c1-4-8(3)10(11(13)17)15-12-9(16(18)19)5-7(2)6-14-12/h5-6,8,10H,4H2,1-3H3,(H2,13,17)(H,14,15)/t8-,10-/m1/s1. The van der Waals surface area contributed by atoms with Crippen LogP contribution in [0, 0.1) is 23.0 Å². The van der Waals surface area contributed by atoms with Gasteiger partial charge in [-0.25, -0.2) is 4.98 Å². The average molecular weight is 266 g/mol. The number of nitrogens with two attached hydrogens (primary N) is 1. The quantitative estimate of drug-likeness (QED) is 0.600. The number of hydrogen-bond acceptors (Lipinski definition) is 5. The zero-order valence-corrected chi connectivity index (χ0v) is 11.2. The van der Waals surface area contributed by atoms with Crippen molar-refractivity contribution in [1.82, 2.24) is 4.98 Å². The largest absolute Gasteiger partial charge is 0.368 e. The van der Waals surface area contributed by atoms with E-state index in [9.17, 15) is 14.9 Å². The van der Waals surface area contributed by atoms with E-state index in [1.165, 1.54) is 12.3 Å². The van der Waals surface area contributed by atoms with Crippen LogP contribution in [-0.2, 0) is 4.79 Å². The molecule has 0 radical (unpaired) electrons. The Morgan fingerprint density at radius 2 is 2.26 bits per heavy atom. The second kappa shape index (κ2) is 6.12. The van der Waals surface area contributed by atoms with Gasteiger partial charge in [0.25, 0.3) is 0 Å². The molecule has 0 spiro atoms. The molecule has 0 aliphatic heterocycles. The van der Waals surface area contributed by atoms with Gasteiger partial charge in [-0.2, -0.15) is 0 Å². The molecule has 0 aliphatic carbocycles. The lowest BCUT2D eigenvalue weighted by Gasteiger charge is -2.21. The van der Waals surface area contributed by atoms with Gasteiger partial charge in [-0.05, 0) is 18.4 Å². The van der Waals surface area contributed by atoms with Crippen LogP contribution in [0.25, 0.3) is 0 Å². The first kappa shape index (κ1) is 14.9. The van der Waals surface area contributed by atoms with E-state index >= 15 is 0 Å². The summed E-state index contributed by atoms with van der Waals surface area (Å²) in [4.78, 5) is 25.8. The molecule has 1 aromatic heterocycles. The number of nitrogens with one attached hydrogen (secondary N) is 1. The second-order valence-corrected chi connectivity index (χ2v) is 4.55. The topological polar surface area (TPSA) is 111 Å². The molecule has 0 unspecified atom stereocenters. The minimum Gasteiger partial charge on any atom is -0.368 e. The number of primary amides is 1. The Labute approximate surface area is 111 Å². The molecule has 0 aliphatic rings. The number of nitrogens with zero attached hydrogens (tertiary/aromatic N) is 2. The average Bonchev–Trinajstić information content (AvgIpc) is 2.35. The van der Waals surface area contributed by atoms with Crippen LogP contribution in [0.5, 0.6) is 0 Å². The number of carbonyl (C=O) groups excluding carboxylic acids is 1. The summed E-state index contributed by atoms with van der Waals surface area (Å²) < 4.78 is 0. The van der Waals surface area contributed by atoms with Crippen molar-refractivity contribution in [3.63, 3.8) is 0 Å². The van der Waals surface area contributed by atoms with Gasteiger partial charge in [-0.3, -0.25) is 14.9 Å². The summed E-state index contributed by atoms with van der Waals surface area (Å²) in [5.41, 5.74) is 5.84. The molecule has 0 fully saturated rings. The summed E-state index contributed by atoms with van der Waals surface area (Å²) in [6.07, 6.45) is 2.23. The van der Waals surface area contributed by atoms with Gasteiger partial charge in [0.2, 0.25) is 11.7 Å². The third kappa shape index (κ3) is 3.64. The van der Waals surface area contributed by atoms with Crippen LogP contribution in [0.2, 0.25) is 0 Å². The number of carbonyl (C=O) groups is 1. The first-order chi connectivity index (χ1) is 8.86. The minimum atomic E-state index is -0.682. The summed E-state index contributed by atoms with van der Waals surface area (Å²) in [6, 6.07) is 0.725. The van der Waals surface area contributed by atoms with Crippen LogP contribution in [0.3, 0.4) is 0 Å². The third-order valence-corrected chi connectivity index (χ3v) is 3.01. The van der Waals surface area contributed by atoms with Crippen molar-refractivity contribution >= 4 is 17.4 Å².